The van der Waals surface area contributed by atoms with Gasteiger partial charge >= 0.3 is 0 Å². The van der Waals surface area contributed by atoms with Gasteiger partial charge in [0, 0.05) is 15.2 Å². The molecule has 0 aromatic carbocycles. The maximum atomic E-state index is 5.42. The van der Waals surface area contributed by atoms with Crippen LogP contribution in [-0.2, 0) is 0 Å². The summed E-state index contributed by atoms with van der Waals surface area (Å²) in [7, 11) is 0. The fourth-order valence-corrected chi connectivity index (χ4v) is 15.4. The van der Waals surface area contributed by atoms with Crippen LogP contribution < -0.4 is 0 Å². The van der Waals surface area contributed by atoms with Crippen LogP contribution in [0.4, 0.5) is 0 Å². The first kappa shape index (κ1) is 23.6. The van der Waals surface area contributed by atoms with Crippen LogP contribution in [0.15, 0.2) is 0 Å². The van der Waals surface area contributed by atoms with E-state index in [0.717, 1.165) is 28.3 Å². The van der Waals surface area contributed by atoms with Crippen molar-refractivity contribution in [2.24, 2.45) is 17.8 Å². The second-order valence-electron chi connectivity index (χ2n) is 10.6. The van der Waals surface area contributed by atoms with E-state index in [0.29, 0.717) is 8.83 Å². The summed E-state index contributed by atoms with van der Waals surface area (Å²) in [4.78, 5) is 0. The van der Waals surface area contributed by atoms with E-state index in [1.165, 1.54) is 83.5 Å². The van der Waals surface area contributed by atoms with E-state index in [2.05, 4.69) is 63.0 Å². The molecular formula is C25H44S4. The van der Waals surface area contributed by atoms with Crippen LogP contribution in [0.3, 0.4) is 0 Å². The van der Waals surface area contributed by atoms with Crippen molar-refractivity contribution in [1.29, 1.82) is 0 Å². The Hall–Kier alpha value is 1.40. The molecule has 0 amide bonds. The van der Waals surface area contributed by atoms with E-state index in [1.807, 2.05) is 0 Å². The second-order valence-corrected chi connectivity index (χ2v) is 16.5. The zero-order chi connectivity index (χ0) is 20.7. The Bertz CT molecular complexity index is 567. The number of thioether (sulfide) groups is 3. The normalized spacial score (nSPS) is 51.0. The Kier molecular flexibility index (Phi) is 7.58. The average molecular weight is 473 g/mol. The average Bonchev–Trinajstić information content (AvgIpc) is 3.07. The fourth-order valence-electron chi connectivity index (χ4n) is 6.69. The topological polar surface area (TPSA) is 0 Å². The van der Waals surface area contributed by atoms with Gasteiger partial charge in [-0.15, -0.1) is 35.3 Å². The Morgan fingerprint density at radius 2 is 1.59 bits per heavy atom. The van der Waals surface area contributed by atoms with Gasteiger partial charge in [0.1, 0.15) is 0 Å². The van der Waals surface area contributed by atoms with Crippen molar-refractivity contribution >= 4 is 47.9 Å². The SMILES string of the molecule is CCCC1CCCCCCCCC(C)C(C)C2SC3(S)CCC34SC2C1(CC)S4. The third kappa shape index (κ3) is 3.99. The summed E-state index contributed by atoms with van der Waals surface area (Å²) >= 11 is 12.6. The van der Waals surface area contributed by atoms with Crippen LogP contribution in [0.25, 0.3) is 0 Å². The predicted molar refractivity (Wildman–Crippen MR) is 141 cm³/mol. The van der Waals surface area contributed by atoms with Gasteiger partial charge in [-0.3, -0.25) is 0 Å². The Balaban J connectivity index is 1.70. The molecule has 2 saturated carbocycles. The highest BCUT2D eigenvalue weighted by molar-refractivity contribution is 8.27. The molecule has 0 nitrogen and oxygen atoms in total. The van der Waals surface area contributed by atoms with Crippen molar-refractivity contribution in [3.05, 3.63) is 0 Å². The summed E-state index contributed by atoms with van der Waals surface area (Å²) in [6, 6.07) is 0. The van der Waals surface area contributed by atoms with Gasteiger partial charge < -0.3 is 0 Å². The van der Waals surface area contributed by atoms with E-state index >= 15 is 0 Å². The van der Waals surface area contributed by atoms with E-state index in [4.69, 9.17) is 12.6 Å². The van der Waals surface area contributed by atoms with E-state index < -0.39 is 0 Å². The molecule has 2 bridgehead atoms. The van der Waals surface area contributed by atoms with Crippen molar-refractivity contribution in [2.75, 3.05) is 0 Å². The predicted octanol–water partition coefficient (Wildman–Crippen LogP) is 9.04. The van der Waals surface area contributed by atoms with Gasteiger partial charge in [0.2, 0.25) is 0 Å². The van der Waals surface area contributed by atoms with E-state index in [1.54, 1.807) is 0 Å². The lowest BCUT2D eigenvalue weighted by atomic mass is 9.75. The van der Waals surface area contributed by atoms with Crippen molar-refractivity contribution in [3.8, 4) is 0 Å². The van der Waals surface area contributed by atoms with Crippen LogP contribution in [-0.4, -0.2) is 23.4 Å². The summed E-state index contributed by atoms with van der Waals surface area (Å²) in [5.74, 6) is 2.57. The molecule has 0 aromatic rings. The lowest BCUT2D eigenvalue weighted by Crippen LogP contribution is -2.56. The molecule has 4 heteroatoms. The Labute approximate surface area is 199 Å². The van der Waals surface area contributed by atoms with E-state index in [9.17, 15) is 0 Å². The third-order valence-electron chi connectivity index (χ3n) is 8.93. The quantitative estimate of drug-likeness (QED) is 0.407. The molecule has 8 unspecified atom stereocenters. The minimum absolute atomic E-state index is 0.221. The van der Waals surface area contributed by atoms with Crippen molar-refractivity contribution in [2.45, 2.75) is 135 Å². The maximum absolute atomic E-state index is 5.42. The molecule has 2 saturated heterocycles. The Morgan fingerprint density at radius 3 is 2.21 bits per heavy atom. The molecule has 4 fully saturated rings. The molecular weight excluding hydrogens is 429 g/mol. The molecule has 2 aliphatic heterocycles. The molecule has 0 radical (unpaired) electrons. The number of hydrogen-bond donors (Lipinski definition) is 1. The van der Waals surface area contributed by atoms with Crippen LogP contribution in [0.1, 0.15) is 111 Å². The number of thiol groups is 1. The molecule has 2 heterocycles. The van der Waals surface area contributed by atoms with Gasteiger partial charge in [-0.1, -0.05) is 79.1 Å². The smallest absolute Gasteiger partial charge is 0.0856 e. The molecule has 8 atom stereocenters. The van der Waals surface area contributed by atoms with Crippen LogP contribution in [0.5, 0.6) is 0 Å². The van der Waals surface area contributed by atoms with Gasteiger partial charge in [0.25, 0.3) is 0 Å². The highest BCUT2D eigenvalue weighted by Crippen LogP contribution is 2.82. The van der Waals surface area contributed by atoms with Crippen LogP contribution in [0.2, 0.25) is 0 Å². The first-order valence-corrected chi connectivity index (χ1v) is 15.7. The zero-order valence-corrected chi connectivity index (χ0v) is 22.6. The minimum Gasteiger partial charge on any atom is -0.159 e. The molecule has 4 rings (SSSR count). The monoisotopic (exact) mass is 472 g/mol. The molecule has 0 N–H and O–H groups in total. The van der Waals surface area contributed by atoms with Gasteiger partial charge in [-0.2, -0.15) is 12.6 Å². The number of hydrogen-bond acceptors (Lipinski definition) is 4. The first-order valence-electron chi connectivity index (χ1n) is 12.7. The highest BCUT2D eigenvalue weighted by Gasteiger charge is 2.74. The molecule has 1 spiro atoms. The largest absolute Gasteiger partial charge is 0.159 e. The van der Waals surface area contributed by atoms with Crippen LogP contribution in [0, 0.1) is 17.8 Å². The summed E-state index contributed by atoms with van der Waals surface area (Å²) < 4.78 is 1.11. The van der Waals surface area contributed by atoms with Gasteiger partial charge in [-0.25, -0.2) is 0 Å². The molecule has 2 aliphatic carbocycles. The molecule has 0 aromatic heterocycles. The summed E-state index contributed by atoms with van der Waals surface area (Å²) in [5.41, 5.74) is 0. The van der Waals surface area contributed by atoms with E-state index in [-0.39, 0.29) is 4.08 Å². The van der Waals surface area contributed by atoms with Crippen molar-refractivity contribution in [3.63, 3.8) is 0 Å². The standard InChI is InChI=1S/C25H44S4/c1-5-13-20-15-12-10-8-7-9-11-14-18(3)19(4)21-22-23(20,6-2)29-25(28-22)17-16-24(25,26)27-21/h18-22,26H,5-17H2,1-4H3. The summed E-state index contributed by atoms with van der Waals surface area (Å²) in [6.07, 6.45) is 18.6. The fraction of sp³-hybridized carbons (Fsp3) is 1.00. The zero-order valence-electron chi connectivity index (χ0n) is 19.3. The molecule has 4 aliphatic rings. The molecule has 168 valence electrons. The lowest BCUT2D eigenvalue weighted by Gasteiger charge is -2.58. The summed E-state index contributed by atoms with van der Waals surface area (Å²) in [6.45, 7) is 10.1. The van der Waals surface area contributed by atoms with Crippen LogP contribution >= 0.6 is 47.9 Å². The van der Waals surface area contributed by atoms with Gasteiger partial charge in [0.15, 0.2) is 0 Å². The lowest BCUT2D eigenvalue weighted by molar-refractivity contribution is 0.266. The Morgan fingerprint density at radius 1 is 0.897 bits per heavy atom. The maximum Gasteiger partial charge on any atom is 0.0856 e. The highest BCUT2D eigenvalue weighted by atomic mass is 32.2. The van der Waals surface area contributed by atoms with Gasteiger partial charge in [0.05, 0.1) is 8.16 Å². The second kappa shape index (κ2) is 9.34. The summed E-state index contributed by atoms with van der Waals surface area (Å²) in [5, 5.41) is 1.62. The first-order chi connectivity index (χ1) is 13.9. The van der Waals surface area contributed by atoms with Crippen molar-refractivity contribution in [1.82, 2.24) is 0 Å². The third-order valence-corrected chi connectivity index (χ3v) is 17.2. The number of rotatable bonds is 3. The van der Waals surface area contributed by atoms with Crippen molar-refractivity contribution < 1.29 is 0 Å². The minimum atomic E-state index is 0.221. The molecule has 29 heavy (non-hydrogen) atoms. The van der Waals surface area contributed by atoms with Gasteiger partial charge in [-0.05, 0) is 49.9 Å².